The fraction of sp³-hybridized carbons (Fsp3) is 0.955. The van der Waals surface area contributed by atoms with E-state index in [0.717, 1.165) is 30.1 Å². The monoisotopic (exact) mass is 346 g/mol. The van der Waals surface area contributed by atoms with Gasteiger partial charge in [0.25, 0.3) is 0 Å². The van der Waals surface area contributed by atoms with Crippen LogP contribution in [0.5, 0.6) is 0 Å². The lowest BCUT2D eigenvalue weighted by Gasteiger charge is -2.60. The van der Waals surface area contributed by atoms with Crippen LogP contribution in [0.1, 0.15) is 79.1 Å². The highest BCUT2D eigenvalue weighted by Gasteiger charge is 2.67. The predicted molar refractivity (Wildman–Crippen MR) is 95.9 cm³/mol. The number of carbonyl (C=O) groups is 1. The molecule has 0 radical (unpaired) electrons. The maximum atomic E-state index is 11.6. The molecule has 4 aliphatic carbocycles. The Labute approximate surface area is 152 Å². The summed E-state index contributed by atoms with van der Waals surface area (Å²) in [5.41, 5.74) is 0.910. The summed E-state index contributed by atoms with van der Waals surface area (Å²) in [7, 11) is 0. The summed E-state index contributed by atoms with van der Waals surface area (Å²) in [5, 5.41) is 0. The molecule has 140 valence electrons. The maximum Gasteiger partial charge on any atom is 0.302 e. The molecular weight excluding hydrogens is 312 g/mol. The van der Waals surface area contributed by atoms with Gasteiger partial charge in [-0.25, -0.2) is 0 Å². The topological polar surface area (TPSA) is 38.8 Å². The third-order valence-electron chi connectivity index (χ3n) is 9.60. The molecule has 5 rings (SSSR count). The first-order valence-corrected chi connectivity index (χ1v) is 10.6. The van der Waals surface area contributed by atoms with Crippen LogP contribution >= 0.6 is 0 Å². The molecule has 0 bridgehead atoms. The van der Waals surface area contributed by atoms with Gasteiger partial charge in [0.15, 0.2) is 0 Å². The highest BCUT2D eigenvalue weighted by atomic mass is 16.6. The van der Waals surface area contributed by atoms with E-state index in [9.17, 15) is 4.79 Å². The zero-order valence-electron chi connectivity index (χ0n) is 16.3. The third-order valence-corrected chi connectivity index (χ3v) is 9.60. The second-order valence-electron chi connectivity index (χ2n) is 10.7. The van der Waals surface area contributed by atoms with Crippen LogP contribution in [-0.2, 0) is 14.3 Å². The quantitative estimate of drug-likeness (QED) is 0.509. The Bertz CT molecular complexity index is 602. The van der Waals surface area contributed by atoms with Gasteiger partial charge in [-0.05, 0) is 87.4 Å². The molecule has 0 amide bonds. The lowest BCUT2D eigenvalue weighted by atomic mass is 9.44. The van der Waals surface area contributed by atoms with Gasteiger partial charge >= 0.3 is 5.97 Å². The summed E-state index contributed by atoms with van der Waals surface area (Å²) in [4.78, 5) is 11.6. The van der Waals surface area contributed by atoms with Gasteiger partial charge in [-0.2, -0.15) is 0 Å². The SMILES string of the molecule is CC(=O)OC1CC[C@H]2[C@@H]3CCC4CC5(C)OC5C[C@]4(C)[C@H]3CC[C@]12C. The summed E-state index contributed by atoms with van der Waals surface area (Å²) < 4.78 is 11.9. The number of hydrogen-bond donors (Lipinski definition) is 0. The zero-order valence-corrected chi connectivity index (χ0v) is 16.3. The molecule has 3 nitrogen and oxygen atoms in total. The van der Waals surface area contributed by atoms with E-state index < -0.39 is 0 Å². The van der Waals surface area contributed by atoms with Gasteiger partial charge in [0.2, 0.25) is 0 Å². The van der Waals surface area contributed by atoms with E-state index in [2.05, 4.69) is 20.8 Å². The molecule has 4 saturated carbocycles. The fourth-order valence-corrected chi connectivity index (χ4v) is 8.15. The maximum absolute atomic E-state index is 11.6. The summed E-state index contributed by atoms with van der Waals surface area (Å²) in [6.45, 7) is 8.92. The molecule has 4 unspecified atom stereocenters. The first-order chi connectivity index (χ1) is 11.8. The molecule has 0 aromatic heterocycles. The normalized spacial score (nSPS) is 59.2. The third kappa shape index (κ3) is 2.17. The summed E-state index contributed by atoms with van der Waals surface area (Å²) in [6, 6.07) is 0. The largest absolute Gasteiger partial charge is 0.462 e. The van der Waals surface area contributed by atoms with Gasteiger partial charge in [-0.3, -0.25) is 4.79 Å². The molecule has 0 spiro atoms. The molecule has 0 aromatic rings. The van der Waals surface area contributed by atoms with E-state index in [1.165, 1.54) is 44.9 Å². The Morgan fingerprint density at radius 3 is 2.48 bits per heavy atom. The van der Waals surface area contributed by atoms with E-state index in [4.69, 9.17) is 9.47 Å². The van der Waals surface area contributed by atoms with Crippen LogP contribution in [0.25, 0.3) is 0 Å². The van der Waals surface area contributed by atoms with Crippen molar-refractivity contribution in [3.8, 4) is 0 Å². The van der Waals surface area contributed by atoms with Crippen molar-refractivity contribution >= 4 is 5.97 Å². The number of ether oxygens (including phenoxy) is 2. The number of esters is 1. The van der Waals surface area contributed by atoms with E-state index in [-0.39, 0.29) is 23.1 Å². The molecule has 0 aromatic carbocycles. The van der Waals surface area contributed by atoms with Crippen LogP contribution in [0, 0.1) is 34.5 Å². The van der Waals surface area contributed by atoms with Crippen molar-refractivity contribution in [2.45, 2.75) is 96.9 Å². The number of rotatable bonds is 1. The molecule has 0 N–H and O–H groups in total. The molecule has 1 aliphatic heterocycles. The van der Waals surface area contributed by atoms with Crippen LogP contribution in [0.2, 0.25) is 0 Å². The van der Waals surface area contributed by atoms with Gasteiger partial charge in [-0.1, -0.05) is 13.8 Å². The van der Waals surface area contributed by atoms with Gasteiger partial charge < -0.3 is 9.47 Å². The van der Waals surface area contributed by atoms with Crippen molar-refractivity contribution < 1.29 is 14.3 Å². The lowest BCUT2D eigenvalue weighted by Crippen LogP contribution is -2.55. The lowest BCUT2D eigenvalue weighted by molar-refractivity contribution is -0.161. The molecule has 3 heteroatoms. The Morgan fingerprint density at radius 2 is 1.72 bits per heavy atom. The van der Waals surface area contributed by atoms with E-state index in [0.29, 0.717) is 11.5 Å². The Kier molecular flexibility index (Phi) is 3.34. The van der Waals surface area contributed by atoms with Crippen LogP contribution in [0.4, 0.5) is 0 Å². The zero-order chi connectivity index (χ0) is 17.6. The minimum absolute atomic E-state index is 0.0953. The predicted octanol–water partition coefficient (Wildman–Crippen LogP) is 4.73. The van der Waals surface area contributed by atoms with Crippen molar-refractivity contribution in [1.82, 2.24) is 0 Å². The number of fused-ring (bicyclic) bond motifs is 6. The van der Waals surface area contributed by atoms with Crippen LogP contribution in [0.15, 0.2) is 0 Å². The molecule has 5 aliphatic rings. The summed E-state index contributed by atoms with van der Waals surface area (Å²) in [5.74, 6) is 3.20. The van der Waals surface area contributed by atoms with Crippen LogP contribution < -0.4 is 0 Å². The highest BCUT2D eigenvalue weighted by Crippen LogP contribution is 2.69. The van der Waals surface area contributed by atoms with E-state index >= 15 is 0 Å². The second-order valence-corrected chi connectivity index (χ2v) is 10.7. The first kappa shape index (κ1) is 16.6. The van der Waals surface area contributed by atoms with Crippen LogP contribution in [-0.4, -0.2) is 23.8 Å². The second kappa shape index (κ2) is 5.03. The molecule has 9 atom stereocenters. The number of hydrogen-bond acceptors (Lipinski definition) is 3. The Morgan fingerprint density at radius 1 is 0.960 bits per heavy atom. The Hall–Kier alpha value is -0.570. The minimum Gasteiger partial charge on any atom is -0.462 e. The smallest absolute Gasteiger partial charge is 0.302 e. The van der Waals surface area contributed by atoms with Gasteiger partial charge in [0.05, 0.1) is 11.7 Å². The van der Waals surface area contributed by atoms with Crippen molar-refractivity contribution in [2.75, 3.05) is 0 Å². The first-order valence-electron chi connectivity index (χ1n) is 10.6. The van der Waals surface area contributed by atoms with Crippen molar-refractivity contribution in [3.63, 3.8) is 0 Å². The Balaban J connectivity index is 1.41. The minimum atomic E-state index is -0.0953. The van der Waals surface area contributed by atoms with E-state index in [1.54, 1.807) is 6.92 Å². The van der Waals surface area contributed by atoms with Crippen molar-refractivity contribution in [1.29, 1.82) is 0 Å². The van der Waals surface area contributed by atoms with Crippen molar-refractivity contribution in [2.24, 2.45) is 34.5 Å². The van der Waals surface area contributed by atoms with Gasteiger partial charge in [0, 0.05) is 12.3 Å². The van der Waals surface area contributed by atoms with Crippen molar-refractivity contribution in [3.05, 3.63) is 0 Å². The molecule has 25 heavy (non-hydrogen) atoms. The average Bonchev–Trinajstić information content (AvgIpc) is 3.06. The standard InChI is InChI=1S/C22H34O3/c1-13(23)24-18-8-7-16-15-6-5-14-11-22(4)19(25-22)12-21(14,3)17(15)9-10-20(16,18)2/h14-19H,5-12H2,1-4H3/t14?,15-,16-,17-,18?,19?,20-,21-,22?/m0/s1. The average molecular weight is 347 g/mol. The van der Waals surface area contributed by atoms with Gasteiger partial charge in [0.1, 0.15) is 6.10 Å². The van der Waals surface area contributed by atoms with Gasteiger partial charge in [-0.15, -0.1) is 0 Å². The summed E-state index contributed by atoms with van der Waals surface area (Å²) >= 11 is 0. The number of epoxide rings is 1. The number of carbonyl (C=O) groups excluding carboxylic acids is 1. The summed E-state index contributed by atoms with van der Waals surface area (Å²) in [6.07, 6.45) is 10.9. The highest BCUT2D eigenvalue weighted by molar-refractivity contribution is 5.66. The van der Waals surface area contributed by atoms with Crippen LogP contribution in [0.3, 0.4) is 0 Å². The molecule has 1 heterocycles. The molecular formula is C22H34O3. The molecule has 1 saturated heterocycles. The van der Waals surface area contributed by atoms with E-state index in [1.807, 2.05) is 0 Å². The fourth-order valence-electron chi connectivity index (χ4n) is 8.15. The molecule has 5 fully saturated rings.